The number of hydrogen-bond donors (Lipinski definition) is 1. The zero-order valence-corrected chi connectivity index (χ0v) is 14.2. The van der Waals surface area contributed by atoms with Gasteiger partial charge in [-0.2, -0.15) is 0 Å². The molecule has 1 saturated carbocycles. The number of aromatic amines is 1. The van der Waals surface area contributed by atoms with E-state index < -0.39 is 0 Å². The molecule has 3 atom stereocenters. The molecule has 4 rings (SSSR count). The Morgan fingerprint density at radius 2 is 2.04 bits per heavy atom. The molecule has 1 aliphatic carbocycles. The molecule has 0 radical (unpaired) electrons. The van der Waals surface area contributed by atoms with Gasteiger partial charge in [0.2, 0.25) is 5.91 Å². The molecule has 126 valence electrons. The average molecular weight is 325 g/mol. The molecule has 24 heavy (non-hydrogen) atoms. The molecule has 1 aliphatic heterocycles. The summed E-state index contributed by atoms with van der Waals surface area (Å²) in [7, 11) is 3.78. The highest BCUT2D eigenvalue weighted by atomic mass is 16.2. The summed E-state index contributed by atoms with van der Waals surface area (Å²) >= 11 is 0. The third-order valence-electron chi connectivity index (χ3n) is 5.87. The number of carbonyl (C=O) groups is 2. The van der Waals surface area contributed by atoms with Gasteiger partial charge in [0.25, 0.3) is 5.91 Å². The van der Waals surface area contributed by atoms with Crippen molar-refractivity contribution in [2.45, 2.75) is 25.3 Å². The molecule has 2 aliphatic rings. The van der Waals surface area contributed by atoms with Crippen molar-refractivity contribution in [3.63, 3.8) is 0 Å². The minimum absolute atomic E-state index is 0.0615. The number of carbonyl (C=O) groups excluding carboxylic acids is 2. The van der Waals surface area contributed by atoms with Gasteiger partial charge in [-0.1, -0.05) is 12.1 Å². The maximum Gasteiger partial charge on any atom is 0.255 e. The van der Waals surface area contributed by atoms with E-state index >= 15 is 0 Å². The van der Waals surface area contributed by atoms with Crippen molar-refractivity contribution in [2.24, 2.45) is 11.8 Å². The van der Waals surface area contributed by atoms with E-state index in [0.29, 0.717) is 18.3 Å². The molecule has 2 fully saturated rings. The molecule has 5 nitrogen and oxygen atoms in total. The molecular weight excluding hydrogens is 302 g/mol. The zero-order chi connectivity index (χ0) is 16.8. The van der Waals surface area contributed by atoms with Crippen LogP contribution in [0.4, 0.5) is 0 Å². The Morgan fingerprint density at radius 1 is 1.25 bits per heavy atom. The van der Waals surface area contributed by atoms with Crippen LogP contribution in [0.1, 0.15) is 29.6 Å². The van der Waals surface area contributed by atoms with E-state index in [1.807, 2.05) is 54.4 Å². The maximum absolute atomic E-state index is 13.0. The van der Waals surface area contributed by atoms with Gasteiger partial charge in [-0.15, -0.1) is 0 Å². The first kappa shape index (κ1) is 15.2. The standard InChI is InChI=1S/C19H23N3O2/c1-21-11-14-9-15(8-13(14)10-17(21)23)22(2)19(24)16-5-3-4-12-6-7-20-18(12)16/h3-7,13-15,20H,8-11H2,1-2H3/t13-,14+,15-/m1/s1. The molecule has 0 unspecified atom stereocenters. The fourth-order valence-corrected chi connectivity index (χ4v) is 4.42. The second kappa shape index (κ2) is 5.65. The molecule has 2 amide bonds. The number of para-hydroxylation sites is 1. The van der Waals surface area contributed by atoms with Crippen LogP contribution in [-0.2, 0) is 4.79 Å². The third kappa shape index (κ3) is 2.39. The highest BCUT2D eigenvalue weighted by Gasteiger charge is 2.42. The number of rotatable bonds is 2. The lowest BCUT2D eigenvalue weighted by Crippen LogP contribution is -2.39. The second-order valence-electron chi connectivity index (χ2n) is 7.29. The summed E-state index contributed by atoms with van der Waals surface area (Å²) in [5.41, 5.74) is 1.63. The molecule has 2 aromatic rings. The lowest BCUT2D eigenvalue weighted by Gasteiger charge is -2.31. The Hall–Kier alpha value is -2.30. The van der Waals surface area contributed by atoms with Gasteiger partial charge < -0.3 is 14.8 Å². The first-order valence-electron chi connectivity index (χ1n) is 8.62. The van der Waals surface area contributed by atoms with Crippen LogP contribution in [0.3, 0.4) is 0 Å². The molecule has 1 aromatic heterocycles. The molecule has 1 saturated heterocycles. The van der Waals surface area contributed by atoms with Gasteiger partial charge in [-0.25, -0.2) is 0 Å². The van der Waals surface area contributed by atoms with Gasteiger partial charge in [-0.3, -0.25) is 9.59 Å². The molecule has 2 heterocycles. The predicted molar refractivity (Wildman–Crippen MR) is 92.6 cm³/mol. The van der Waals surface area contributed by atoms with Gasteiger partial charge in [0.05, 0.1) is 11.1 Å². The van der Waals surface area contributed by atoms with Crippen molar-refractivity contribution >= 4 is 22.7 Å². The number of piperidine rings is 1. The first-order chi connectivity index (χ1) is 11.5. The van der Waals surface area contributed by atoms with E-state index in [2.05, 4.69) is 4.98 Å². The number of H-pyrrole nitrogens is 1. The highest BCUT2D eigenvalue weighted by molar-refractivity contribution is 6.05. The van der Waals surface area contributed by atoms with Crippen molar-refractivity contribution in [3.8, 4) is 0 Å². The first-order valence-corrected chi connectivity index (χ1v) is 8.62. The number of nitrogens with zero attached hydrogens (tertiary/aromatic N) is 2. The number of aromatic nitrogens is 1. The summed E-state index contributed by atoms with van der Waals surface area (Å²) in [5.74, 6) is 1.25. The highest BCUT2D eigenvalue weighted by Crippen LogP contribution is 2.40. The number of fused-ring (bicyclic) bond motifs is 2. The summed E-state index contributed by atoms with van der Waals surface area (Å²) < 4.78 is 0. The smallest absolute Gasteiger partial charge is 0.255 e. The summed E-state index contributed by atoms with van der Waals surface area (Å²) in [6.07, 6.45) is 4.43. The van der Waals surface area contributed by atoms with Crippen LogP contribution in [0.5, 0.6) is 0 Å². The molecule has 5 heteroatoms. The van der Waals surface area contributed by atoms with Crippen LogP contribution in [0.2, 0.25) is 0 Å². The summed E-state index contributed by atoms with van der Waals surface area (Å²) in [5, 5.41) is 1.06. The van der Waals surface area contributed by atoms with Crippen molar-refractivity contribution in [2.75, 3.05) is 20.6 Å². The van der Waals surface area contributed by atoms with Gasteiger partial charge in [0, 0.05) is 44.7 Å². The van der Waals surface area contributed by atoms with Gasteiger partial charge in [-0.05, 0) is 36.8 Å². The number of amides is 2. The van der Waals surface area contributed by atoms with Crippen molar-refractivity contribution in [1.82, 2.24) is 14.8 Å². The van der Waals surface area contributed by atoms with Crippen LogP contribution < -0.4 is 0 Å². The van der Waals surface area contributed by atoms with Crippen LogP contribution >= 0.6 is 0 Å². The van der Waals surface area contributed by atoms with Gasteiger partial charge in [0.15, 0.2) is 0 Å². The SMILES string of the molecule is CN1C[C@@H]2C[C@H](N(C)C(=O)c3cccc4cc[nH]c34)C[C@@H]2CC1=O. The zero-order valence-electron chi connectivity index (χ0n) is 14.2. The van der Waals surface area contributed by atoms with E-state index in [4.69, 9.17) is 0 Å². The predicted octanol–water partition coefficient (Wildman–Crippen LogP) is 2.50. The normalized spacial score (nSPS) is 26.7. The van der Waals surface area contributed by atoms with E-state index in [9.17, 15) is 9.59 Å². The molecule has 1 aromatic carbocycles. The number of hydrogen-bond acceptors (Lipinski definition) is 2. The second-order valence-corrected chi connectivity index (χ2v) is 7.29. The Balaban J connectivity index is 1.54. The Bertz CT molecular complexity index is 797. The average Bonchev–Trinajstić information content (AvgIpc) is 3.20. The minimum Gasteiger partial charge on any atom is -0.361 e. The Morgan fingerprint density at radius 3 is 2.88 bits per heavy atom. The number of nitrogens with one attached hydrogen (secondary N) is 1. The monoisotopic (exact) mass is 325 g/mol. The van der Waals surface area contributed by atoms with Crippen LogP contribution in [0.15, 0.2) is 30.5 Å². The fraction of sp³-hybridized carbons (Fsp3) is 0.474. The summed E-state index contributed by atoms with van der Waals surface area (Å²) in [4.78, 5) is 31.8. The van der Waals surface area contributed by atoms with Gasteiger partial charge in [0.1, 0.15) is 0 Å². The topological polar surface area (TPSA) is 56.4 Å². The van der Waals surface area contributed by atoms with E-state index in [-0.39, 0.29) is 17.9 Å². The van der Waals surface area contributed by atoms with Crippen molar-refractivity contribution < 1.29 is 9.59 Å². The minimum atomic E-state index is 0.0615. The number of likely N-dealkylation sites (tertiary alicyclic amines) is 1. The lowest BCUT2D eigenvalue weighted by atomic mass is 9.88. The molecule has 1 N–H and O–H groups in total. The summed E-state index contributed by atoms with van der Waals surface area (Å²) in [6, 6.07) is 8.03. The van der Waals surface area contributed by atoms with Crippen molar-refractivity contribution in [3.05, 3.63) is 36.0 Å². The molecule has 0 bridgehead atoms. The summed E-state index contributed by atoms with van der Waals surface area (Å²) in [6.45, 7) is 0.828. The molecular formula is C19H23N3O2. The Labute approximate surface area is 141 Å². The quantitative estimate of drug-likeness (QED) is 0.922. The molecule has 0 spiro atoms. The van der Waals surface area contributed by atoms with Crippen molar-refractivity contribution in [1.29, 1.82) is 0 Å². The van der Waals surface area contributed by atoms with Crippen LogP contribution in [0.25, 0.3) is 10.9 Å². The van der Waals surface area contributed by atoms with Crippen LogP contribution in [0, 0.1) is 11.8 Å². The van der Waals surface area contributed by atoms with E-state index in [1.54, 1.807) is 0 Å². The largest absolute Gasteiger partial charge is 0.361 e. The fourth-order valence-electron chi connectivity index (χ4n) is 4.42. The Kier molecular flexibility index (Phi) is 3.59. The number of benzene rings is 1. The lowest BCUT2D eigenvalue weighted by molar-refractivity contribution is -0.134. The third-order valence-corrected chi connectivity index (χ3v) is 5.87. The van der Waals surface area contributed by atoms with Gasteiger partial charge >= 0.3 is 0 Å². The maximum atomic E-state index is 13.0. The van der Waals surface area contributed by atoms with E-state index in [0.717, 1.165) is 35.9 Å². The van der Waals surface area contributed by atoms with Crippen LogP contribution in [-0.4, -0.2) is 53.3 Å². The van der Waals surface area contributed by atoms with E-state index in [1.165, 1.54) is 0 Å².